The van der Waals surface area contributed by atoms with Gasteiger partial charge in [-0.25, -0.2) is 9.37 Å². The zero-order chi connectivity index (χ0) is 19.8. The van der Waals surface area contributed by atoms with Gasteiger partial charge in [0.05, 0.1) is 18.9 Å². The Morgan fingerprint density at radius 3 is 2.64 bits per heavy atom. The summed E-state index contributed by atoms with van der Waals surface area (Å²) in [5, 5.41) is 16.0. The molecular formula is C20H20FN3O4. The second-order valence-corrected chi connectivity index (χ2v) is 7.07. The number of halogens is 1. The van der Waals surface area contributed by atoms with Crippen LogP contribution in [0.4, 0.5) is 4.39 Å². The maximum atomic E-state index is 13.5. The Labute approximate surface area is 160 Å². The van der Waals surface area contributed by atoms with Crippen molar-refractivity contribution in [3.63, 3.8) is 0 Å². The third-order valence-corrected chi connectivity index (χ3v) is 5.26. The van der Waals surface area contributed by atoms with Crippen LogP contribution in [0.15, 0.2) is 36.4 Å². The van der Waals surface area contributed by atoms with Crippen molar-refractivity contribution in [3.05, 3.63) is 64.7 Å². The monoisotopic (exact) mass is 385 g/mol. The van der Waals surface area contributed by atoms with Gasteiger partial charge in [-0.2, -0.15) is 0 Å². The molecule has 0 radical (unpaired) electrons. The van der Waals surface area contributed by atoms with Gasteiger partial charge < -0.3 is 20.5 Å². The number of aliphatic hydroxyl groups is 1. The van der Waals surface area contributed by atoms with Crippen LogP contribution in [0.2, 0.25) is 0 Å². The SMILES string of the molecule is CNC(=O)c1cc(C(=O)N[C@H]2[C@@H]3COC[C@@H]32)cc([C@@H](O)c2cccc(F)c2)n1. The third kappa shape index (κ3) is 3.48. The van der Waals surface area contributed by atoms with Crippen molar-refractivity contribution in [1.29, 1.82) is 0 Å². The molecular weight excluding hydrogens is 365 g/mol. The first kappa shape index (κ1) is 18.5. The largest absolute Gasteiger partial charge is 0.382 e. The lowest BCUT2D eigenvalue weighted by atomic mass is 10.0. The summed E-state index contributed by atoms with van der Waals surface area (Å²) in [5.41, 5.74) is 0.586. The maximum Gasteiger partial charge on any atom is 0.269 e. The molecule has 146 valence electrons. The predicted molar refractivity (Wildman–Crippen MR) is 97.1 cm³/mol. The fourth-order valence-electron chi connectivity index (χ4n) is 3.60. The first-order chi connectivity index (χ1) is 13.5. The smallest absolute Gasteiger partial charge is 0.269 e. The molecule has 4 atom stereocenters. The molecule has 1 aliphatic heterocycles. The van der Waals surface area contributed by atoms with Crippen LogP contribution in [0.25, 0.3) is 0 Å². The van der Waals surface area contributed by atoms with Gasteiger partial charge in [0.2, 0.25) is 0 Å². The van der Waals surface area contributed by atoms with Gasteiger partial charge in [-0.05, 0) is 29.8 Å². The molecule has 2 heterocycles. The minimum Gasteiger partial charge on any atom is -0.382 e. The van der Waals surface area contributed by atoms with E-state index < -0.39 is 17.8 Å². The third-order valence-electron chi connectivity index (χ3n) is 5.26. The molecule has 2 amide bonds. The summed E-state index contributed by atoms with van der Waals surface area (Å²) < 4.78 is 18.8. The summed E-state index contributed by atoms with van der Waals surface area (Å²) in [7, 11) is 1.45. The van der Waals surface area contributed by atoms with E-state index in [-0.39, 0.29) is 34.5 Å². The number of fused-ring (bicyclic) bond motifs is 1. The minimum atomic E-state index is -1.28. The number of carbonyl (C=O) groups excluding carboxylic acids is 2. The number of carbonyl (C=O) groups is 2. The van der Waals surface area contributed by atoms with E-state index in [1.165, 1.54) is 37.4 Å². The van der Waals surface area contributed by atoms with Gasteiger partial charge in [0, 0.05) is 30.5 Å². The molecule has 1 saturated carbocycles. The molecule has 1 aromatic carbocycles. The van der Waals surface area contributed by atoms with E-state index in [9.17, 15) is 19.1 Å². The van der Waals surface area contributed by atoms with Crippen molar-refractivity contribution >= 4 is 11.8 Å². The molecule has 0 bridgehead atoms. The van der Waals surface area contributed by atoms with Crippen molar-refractivity contribution in [1.82, 2.24) is 15.6 Å². The quantitative estimate of drug-likeness (QED) is 0.714. The predicted octanol–water partition coefficient (Wildman–Crippen LogP) is 1.04. The fraction of sp³-hybridized carbons (Fsp3) is 0.350. The van der Waals surface area contributed by atoms with Gasteiger partial charge in [0.25, 0.3) is 11.8 Å². The molecule has 1 aliphatic carbocycles. The van der Waals surface area contributed by atoms with E-state index in [0.29, 0.717) is 25.0 Å². The van der Waals surface area contributed by atoms with Crippen molar-refractivity contribution in [3.8, 4) is 0 Å². The molecule has 7 nitrogen and oxygen atoms in total. The van der Waals surface area contributed by atoms with Gasteiger partial charge in [-0.3, -0.25) is 9.59 Å². The number of hydrogen-bond acceptors (Lipinski definition) is 5. The van der Waals surface area contributed by atoms with E-state index >= 15 is 0 Å². The van der Waals surface area contributed by atoms with Crippen LogP contribution in [-0.2, 0) is 4.74 Å². The van der Waals surface area contributed by atoms with Crippen molar-refractivity contribution in [2.45, 2.75) is 12.1 Å². The van der Waals surface area contributed by atoms with Crippen LogP contribution in [-0.4, -0.2) is 48.2 Å². The molecule has 8 heteroatoms. The molecule has 0 spiro atoms. The summed E-state index contributed by atoms with van der Waals surface area (Å²) >= 11 is 0. The molecule has 3 N–H and O–H groups in total. The number of nitrogens with one attached hydrogen (secondary N) is 2. The number of nitrogens with zero attached hydrogens (tertiary/aromatic N) is 1. The van der Waals surface area contributed by atoms with Crippen LogP contribution in [0.3, 0.4) is 0 Å². The van der Waals surface area contributed by atoms with Crippen LogP contribution in [0.5, 0.6) is 0 Å². The van der Waals surface area contributed by atoms with E-state index in [1.54, 1.807) is 6.07 Å². The number of rotatable bonds is 5. The van der Waals surface area contributed by atoms with E-state index in [0.717, 1.165) is 0 Å². The molecule has 4 rings (SSSR count). The number of benzene rings is 1. The number of aromatic nitrogens is 1. The topological polar surface area (TPSA) is 101 Å². The van der Waals surface area contributed by atoms with Crippen LogP contribution >= 0.6 is 0 Å². The van der Waals surface area contributed by atoms with Crippen molar-refractivity contribution < 1.29 is 23.8 Å². The maximum absolute atomic E-state index is 13.5. The zero-order valence-electron chi connectivity index (χ0n) is 15.2. The first-order valence-corrected chi connectivity index (χ1v) is 9.04. The highest BCUT2D eigenvalue weighted by Crippen LogP contribution is 2.44. The van der Waals surface area contributed by atoms with Crippen LogP contribution in [0, 0.1) is 17.7 Å². The lowest BCUT2D eigenvalue weighted by Crippen LogP contribution is -2.31. The van der Waals surface area contributed by atoms with Crippen LogP contribution in [0.1, 0.15) is 38.2 Å². The fourth-order valence-corrected chi connectivity index (χ4v) is 3.60. The van der Waals surface area contributed by atoms with E-state index in [1.807, 2.05) is 0 Å². The summed E-state index contributed by atoms with van der Waals surface area (Å²) in [4.78, 5) is 28.9. The Balaban J connectivity index is 1.63. The Bertz CT molecular complexity index is 925. The average Bonchev–Trinajstić information content (AvgIpc) is 3.12. The molecule has 28 heavy (non-hydrogen) atoms. The zero-order valence-corrected chi connectivity index (χ0v) is 15.2. The number of amides is 2. The van der Waals surface area contributed by atoms with Gasteiger partial charge in [0.1, 0.15) is 17.6 Å². The molecule has 1 aromatic heterocycles. The number of ether oxygens (including phenoxy) is 1. The van der Waals surface area contributed by atoms with Crippen molar-refractivity contribution in [2.24, 2.45) is 11.8 Å². The molecule has 2 aromatic rings. The lowest BCUT2D eigenvalue weighted by Gasteiger charge is -2.14. The summed E-state index contributed by atoms with van der Waals surface area (Å²) in [6.45, 7) is 1.28. The number of aliphatic hydroxyl groups excluding tert-OH is 1. The normalized spacial score (nSPS) is 23.6. The van der Waals surface area contributed by atoms with Gasteiger partial charge in [-0.1, -0.05) is 12.1 Å². The highest BCUT2D eigenvalue weighted by atomic mass is 19.1. The second-order valence-electron chi connectivity index (χ2n) is 7.07. The number of hydrogen-bond donors (Lipinski definition) is 3. The molecule has 1 saturated heterocycles. The van der Waals surface area contributed by atoms with Gasteiger partial charge in [-0.15, -0.1) is 0 Å². The summed E-state index contributed by atoms with van der Waals surface area (Å²) in [6.07, 6.45) is -1.28. The highest BCUT2D eigenvalue weighted by Gasteiger charge is 2.54. The van der Waals surface area contributed by atoms with Crippen LogP contribution < -0.4 is 10.6 Å². The van der Waals surface area contributed by atoms with E-state index in [4.69, 9.17) is 4.74 Å². The average molecular weight is 385 g/mol. The Morgan fingerprint density at radius 2 is 1.96 bits per heavy atom. The van der Waals surface area contributed by atoms with E-state index in [2.05, 4.69) is 15.6 Å². The van der Waals surface area contributed by atoms with Crippen molar-refractivity contribution in [2.75, 3.05) is 20.3 Å². The molecule has 0 unspecified atom stereocenters. The molecule has 2 fully saturated rings. The summed E-state index contributed by atoms with van der Waals surface area (Å²) in [6, 6.07) is 8.33. The van der Waals surface area contributed by atoms with Gasteiger partial charge >= 0.3 is 0 Å². The minimum absolute atomic E-state index is 0.0000671. The Kier molecular flexibility index (Phi) is 4.82. The summed E-state index contributed by atoms with van der Waals surface area (Å²) in [5.74, 6) is -0.666. The lowest BCUT2D eigenvalue weighted by molar-refractivity contribution is 0.0928. The molecule has 2 aliphatic rings. The highest BCUT2D eigenvalue weighted by molar-refractivity contribution is 5.99. The standard InChI is InChI=1S/C20H20FN3O4/c1-22-20(27)16-7-11(19(26)24-17-13-8-28-9-14(13)17)6-15(23-16)18(25)10-3-2-4-12(21)5-10/h2-7,13-14,17-18,25H,8-9H2,1H3,(H,22,27)(H,24,26)/t13-,14+,17+,18-/m0/s1. The number of pyridine rings is 1. The Hall–Kier alpha value is -2.84. The second kappa shape index (κ2) is 7.29. The van der Waals surface area contributed by atoms with Gasteiger partial charge in [0.15, 0.2) is 0 Å². The first-order valence-electron chi connectivity index (χ1n) is 9.04. The Morgan fingerprint density at radius 1 is 1.21 bits per heavy atom.